The van der Waals surface area contributed by atoms with Gasteiger partial charge in [-0.15, -0.1) is 0 Å². The summed E-state index contributed by atoms with van der Waals surface area (Å²) in [6.45, 7) is 1.13. The van der Waals surface area contributed by atoms with E-state index in [2.05, 4.69) is 27.3 Å². The van der Waals surface area contributed by atoms with Crippen molar-refractivity contribution in [1.29, 1.82) is 5.26 Å². The Bertz CT molecular complexity index is 774. The number of nitrogens with one attached hydrogen (secondary N) is 1. The molecule has 0 aromatic heterocycles. The fourth-order valence-corrected chi connectivity index (χ4v) is 2.96. The molecule has 1 amide bonds. The van der Waals surface area contributed by atoms with Crippen LogP contribution in [0.15, 0.2) is 59.1 Å². The number of carbonyl (C=O) groups is 1. The summed E-state index contributed by atoms with van der Waals surface area (Å²) in [6.07, 6.45) is 1.14. The number of carbonyl (C=O) groups excluding carboxylic acids is 1. The lowest BCUT2D eigenvalue weighted by Gasteiger charge is -2.24. The molecule has 0 radical (unpaired) electrons. The van der Waals surface area contributed by atoms with Crippen LogP contribution < -0.4 is 5.32 Å². The van der Waals surface area contributed by atoms with E-state index in [0.29, 0.717) is 30.2 Å². The smallest absolute Gasteiger partial charge is 0.257 e. The molecular formula is C19H18BrN3OS. The van der Waals surface area contributed by atoms with Crippen molar-refractivity contribution in [3.8, 4) is 6.07 Å². The van der Waals surface area contributed by atoms with E-state index in [4.69, 9.17) is 17.5 Å². The highest BCUT2D eigenvalue weighted by Crippen LogP contribution is 2.11. The Morgan fingerprint density at radius 1 is 1.16 bits per heavy atom. The molecule has 0 aliphatic rings. The third-order valence-electron chi connectivity index (χ3n) is 3.60. The maximum Gasteiger partial charge on any atom is 0.257 e. The third kappa shape index (κ3) is 6.29. The van der Waals surface area contributed by atoms with Gasteiger partial charge in [0.05, 0.1) is 12.5 Å². The van der Waals surface area contributed by atoms with Crippen LogP contribution in [0.3, 0.4) is 0 Å². The van der Waals surface area contributed by atoms with Crippen LogP contribution in [0.4, 0.5) is 0 Å². The van der Waals surface area contributed by atoms with Crippen molar-refractivity contribution < 1.29 is 4.79 Å². The standard InChI is InChI=1S/C19H18BrN3OS/c20-17-9-4-8-16(14-17)18(24)22-19(25)23(12-5-11-21)13-10-15-6-2-1-3-7-15/h1-4,6-9,14H,5,10,12-13H2,(H,22,24,25). The average Bonchev–Trinajstić information content (AvgIpc) is 2.62. The summed E-state index contributed by atoms with van der Waals surface area (Å²) in [5, 5.41) is 12.0. The van der Waals surface area contributed by atoms with Gasteiger partial charge in [0, 0.05) is 23.1 Å². The van der Waals surface area contributed by atoms with Gasteiger partial charge in [-0.05, 0) is 42.4 Å². The molecule has 0 fully saturated rings. The summed E-state index contributed by atoms with van der Waals surface area (Å²) in [4.78, 5) is 14.2. The van der Waals surface area contributed by atoms with Gasteiger partial charge in [0.1, 0.15) is 0 Å². The first-order valence-electron chi connectivity index (χ1n) is 7.87. The van der Waals surface area contributed by atoms with E-state index in [0.717, 1.165) is 10.9 Å². The number of rotatable bonds is 6. The zero-order valence-corrected chi connectivity index (χ0v) is 16.0. The minimum atomic E-state index is -0.257. The molecule has 0 unspecified atom stereocenters. The van der Waals surface area contributed by atoms with Gasteiger partial charge in [-0.2, -0.15) is 5.26 Å². The molecule has 2 aromatic carbocycles. The number of thiocarbonyl (C=S) groups is 1. The molecule has 0 bridgehead atoms. The Kier molecular flexibility index (Phi) is 7.58. The topological polar surface area (TPSA) is 56.1 Å². The van der Waals surface area contributed by atoms with E-state index in [1.807, 2.05) is 41.3 Å². The number of hydrogen-bond donors (Lipinski definition) is 1. The van der Waals surface area contributed by atoms with E-state index >= 15 is 0 Å². The number of amides is 1. The van der Waals surface area contributed by atoms with Crippen LogP contribution in [0.5, 0.6) is 0 Å². The molecule has 2 rings (SSSR count). The Balaban J connectivity index is 1.99. The molecule has 2 aromatic rings. The molecule has 0 saturated carbocycles. The predicted molar refractivity (Wildman–Crippen MR) is 106 cm³/mol. The second kappa shape index (κ2) is 9.92. The number of nitriles is 1. The first kappa shape index (κ1) is 19.1. The molecule has 128 valence electrons. The Morgan fingerprint density at radius 3 is 2.60 bits per heavy atom. The molecule has 25 heavy (non-hydrogen) atoms. The predicted octanol–water partition coefficient (Wildman–Crippen LogP) is 3.92. The minimum absolute atomic E-state index is 0.257. The van der Waals surface area contributed by atoms with Crippen molar-refractivity contribution in [2.24, 2.45) is 0 Å². The van der Waals surface area contributed by atoms with Crippen molar-refractivity contribution in [2.75, 3.05) is 13.1 Å². The van der Waals surface area contributed by atoms with Gasteiger partial charge in [-0.1, -0.05) is 52.3 Å². The van der Waals surface area contributed by atoms with E-state index in [9.17, 15) is 4.79 Å². The first-order chi connectivity index (χ1) is 12.1. The molecule has 0 spiro atoms. The highest BCUT2D eigenvalue weighted by atomic mass is 79.9. The second-order valence-corrected chi connectivity index (χ2v) is 6.70. The molecule has 0 aliphatic heterocycles. The van der Waals surface area contributed by atoms with Crippen LogP contribution in [0.25, 0.3) is 0 Å². The SMILES string of the molecule is N#CCCN(CCc1ccccc1)C(=S)NC(=O)c1cccc(Br)c1. The Hall–Kier alpha value is -2.23. The number of hydrogen-bond acceptors (Lipinski definition) is 3. The van der Waals surface area contributed by atoms with E-state index < -0.39 is 0 Å². The summed E-state index contributed by atoms with van der Waals surface area (Å²) in [6, 6.07) is 19.3. The summed E-state index contributed by atoms with van der Waals surface area (Å²) >= 11 is 8.74. The monoisotopic (exact) mass is 415 g/mol. The van der Waals surface area contributed by atoms with Gasteiger partial charge >= 0.3 is 0 Å². The lowest BCUT2D eigenvalue weighted by atomic mass is 10.1. The normalized spacial score (nSPS) is 9.92. The molecule has 6 heteroatoms. The lowest BCUT2D eigenvalue weighted by molar-refractivity contribution is 0.0973. The molecule has 0 aliphatic carbocycles. The number of benzene rings is 2. The maximum absolute atomic E-state index is 12.3. The minimum Gasteiger partial charge on any atom is -0.348 e. The second-order valence-electron chi connectivity index (χ2n) is 5.40. The molecule has 0 heterocycles. The van der Waals surface area contributed by atoms with Gasteiger partial charge in [0.25, 0.3) is 5.91 Å². The van der Waals surface area contributed by atoms with Gasteiger partial charge in [0.15, 0.2) is 5.11 Å². The zero-order chi connectivity index (χ0) is 18.1. The largest absolute Gasteiger partial charge is 0.348 e. The lowest BCUT2D eigenvalue weighted by Crippen LogP contribution is -2.44. The van der Waals surface area contributed by atoms with E-state index in [1.165, 1.54) is 5.56 Å². The fraction of sp³-hybridized carbons (Fsp3) is 0.211. The quantitative estimate of drug-likeness (QED) is 0.726. The third-order valence-corrected chi connectivity index (χ3v) is 4.45. The molecular weight excluding hydrogens is 398 g/mol. The highest BCUT2D eigenvalue weighted by molar-refractivity contribution is 9.10. The van der Waals surface area contributed by atoms with Crippen molar-refractivity contribution >= 4 is 39.2 Å². The average molecular weight is 416 g/mol. The molecule has 1 N–H and O–H groups in total. The van der Waals surface area contributed by atoms with E-state index in [-0.39, 0.29) is 5.91 Å². The summed E-state index contributed by atoms with van der Waals surface area (Å²) in [5.41, 5.74) is 1.71. The molecule has 0 atom stereocenters. The van der Waals surface area contributed by atoms with Crippen LogP contribution in [0.2, 0.25) is 0 Å². The van der Waals surface area contributed by atoms with Gasteiger partial charge < -0.3 is 4.90 Å². The van der Waals surface area contributed by atoms with Gasteiger partial charge in [0.2, 0.25) is 0 Å². The van der Waals surface area contributed by atoms with Crippen molar-refractivity contribution in [3.63, 3.8) is 0 Å². The van der Waals surface area contributed by atoms with E-state index in [1.54, 1.807) is 18.2 Å². The van der Waals surface area contributed by atoms with Crippen LogP contribution in [0, 0.1) is 11.3 Å². The summed E-state index contributed by atoms with van der Waals surface area (Å²) in [7, 11) is 0. The zero-order valence-electron chi connectivity index (χ0n) is 13.6. The highest BCUT2D eigenvalue weighted by Gasteiger charge is 2.14. The number of nitrogens with zero attached hydrogens (tertiary/aromatic N) is 2. The van der Waals surface area contributed by atoms with Crippen molar-refractivity contribution in [2.45, 2.75) is 12.8 Å². The summed E-state index contributed by atoms with van der Waals surface area (Å²) < 4.78 is 0.830. The Labute approximate surface area is 161 Å². The summed E-state index contributed by atoms with van der Waals surface area (Å²) in [5.74, 6) is -0.257. The number of halogens is 1. The van der Waals surface area contributed by atoms with Crippen LogP contribution in [0.1, 0.15) is 22.3 Å². The van der Waals surface area contributed by atoms with Crippen LogP contribution in [-0.2, 0) is 6.42 Å². The Morgan fingerprint density at radius 2 is 1.92 bits per heavy atom. The molecule has 4 nitrogen and oxygen atoms in total. The van der Waals surface area contributed by atoms with Crippen LogP contribution in [-0.4, -0.2) is 29.0 Å². The van der Waals surface area contributed by atoms with Gasteiger partial charge in [-0.3, -0.25) is 10.1 Å². The first-order valence-corrected chi connectivity index (χ1v) is 9.07. The van der Waals surface area contributed by atoms with Gasteiger partial charge in [-0.25, -0.2) is 0 Å². The molecule has 0 saturated heterocycles. The maximum atomic E-state index is 12.3. The fourth-order valence-electron chi connectivity index (χ4n) is 2.29. The van der Waals surface area contributed by atoms with Crippen molar-refractivity contribution in [3.05, 3.63) is 70.2 Å². The van der Waals surface area contributed by atoms with Crippen LogP contribution >= 0.6 is 28.1 Å². The van der Waals surface area contributed by atoms with Crippen molar-refractivity contribution in [1.82, 2.24) is 10.2 Å².